The zero-order chi connectivity index (χ0) is 15.9. The van der Waals surface area contributed by atoms with E-state index in [4.69, 9.17) is 14.4 Å². The Kier molecular flexibility index (Phi) is 4.67. The van der Waals surface area contributed by atoms with E-state index in [0.717, 1.165) is 6.08 Å². The van der Waals surface area contributed by atoms with Crippen molar-refractivity contribution in [1.29, 1.82) is 5.26 Å². The van der Waals surface area contributed by atoms with Crippen LogP contribution < -0.4 is 0 Å². The summed E-state index contributed by atoms with van der Waals surface area (Å²) in [7, 11) is 0. The number of ether oxygens (including phenoxy) is 1. The number of hydrogen-bond acceptors (Lipinski definition) is 6. The largest absolute Gasteiger partial charge is 0.458 e. The van der Waals surface area contributed by atoms with Crippen molar-refractivity contribution in [3.63, 3.8) is 0 Å². The topological polar surface area (TPSA) is 106 Å². The van der Waals surface area contributed by atoms with E-state index in [1.165, 1.54) is 18.2 Å². The van der Waals surface area contributed by atoms with E-state index in [1.54, 1.807) is 24.3 Å². The smallest absolute Gasteiger partial charge is 0.433 e. The summed E-state index contributed by atoms with van der Waals surface area (Å²) in [6.45, 7) is 0.0248. The van der Waals surface area contributed by atoms with Crippen molar-refractivity contribution < 1.29 is 18.9 Å². The Hall–Kier alpha value is -3.40. The summed E-state index contributed by atoms with van der Waals surface area (Å²) in [5.74, 6) is -0.849. The number of nitrogens with zero attached hydrogens (tertiary/aromatic N) is 2. The molecule has 0 unspecified atom stereocenters. The predicted octanol–water partition coefficient (Wildman–Crippen LogP) is 2.82. The maximum absolute atomic E-state index is 11.5. The Morgan fingerprint density at radius 1 is 1.41 bits per heavy atom. The van der Waals surface area contributed by atoms with Crippen LogP contribution in [0.3, 0.4) is 0 Å². The summed E-state index contributed by atoms with van der Waals surface area (Å²) >= 11 is 0. The third-order valence-corrected chi connectivity index (χ3v) is 2.61. The van der Waals surface area contributed by atoms with Gasteiger partial charge in [0, 0.05) is 6.08 Å². The molecule has 0 saturated heterocycles. The van der Waals surface area contributed by atoms with Crippen molar-refractivity contribution in [3.05, 3.63) is 69.5 Å². The number of furan rings is 1. The van der Waals surface area contributed by atoms with Gasteiger partial charge in [-0.1, -0.05) is 12.1 Å². The standard InChI is InChI=1S/C15H10N2O5/c16-9-11-2-1-3-12(8-11)10-21-15(18)7-5-13-4-6-14(22-13)17(19)20/h1-8H,10H2/b7-5+. The maximum atomic E-state index is 11.5. The van der Waals surface area contributed by atoms with E-state index < -0.39 is 16.8 Å². The average molecular weight is 298 g/mol. The highest BCUT2D eigenvalue weighted by molar-refractivity contribution is 5.86. The van der Waals surface area contributed by atoms with Gasteiger partial charge in [-0.05, 0) is 29.8 Å². The molecule has 7 heteroatoms. The van der Waals surface area contributed by atoms with Gasteiger partial charge in [-0.2, -0.15) is 5.26 Å². The molecule has 7 nitrogen and oxygen atoms in total. The number of esters is 1. The first-order valence-electron chi connectivity index (χ1n) is 6.16. The molecule has 0 bridgehead atoms. The van der Waals surface area contributed by atoms with Gasteiger partial charge in [0.1, 0.15) is 17.3 Å². The molecule has 2 rings (SSSR count). The van der Waals surface area contributed by atoms with E-state index >= 15 is 0 Å². The lowest BCUT2D eigenvalue weighted by atomic mass is 10.1. The number of benzene rings is 1. The van der Waals surface area contributed by atoms with Crippen molar-refractivity contribution >= 4 is 17.9 Å². The van der Waals surface area contributed by atoms with Gasteiger partial charge in [-0.15, -0.1) is 0 Å². The third-order valence-electron chi connectivity index (χ3n) is 2.61. The highest BCUT2D eigenvalue weighted by atomic mass is 16.6. The molecule has 110 valence electrons. The molecule has 22 heavy (non-hydrogen) atoms. The normalized spacial score (nSPS) is 10.3. The molecule has 0 aliphatic carbocycles. The van der Waals surface area contributed by atoms with Crippen LogP contribution in [0.2, 0.25) is 0 Å². The van der Waals surface area contributed by atoms with E-state index in [-0.39, 0.29) is 12.4 Å². The number of nitriles is 1. The summed E-state index contributed by atoms with van der Waals surface area (Å²) in [5.41, 5.74) is 1.17. The number of carbonyl (C=O) groups excluding carboxylic acids is 1. The second kappa shape index (κ2) is 6.85. The van der Waals surface area contributed by atoms with Gasteiger partial charge in [-0.3, -0.25) is 10.1 Å². The molecule has 0 fully saturated rings. The lowest BCUT2D eigenvalue weighted by Gasteiger charge is -2.02. The third kappa shape index (κ3) is 4.05. The molecule has 0 atom stereocenters. The minimum Gasteiger partial charge on any atom is -0.458 e. The van der Waals surface area contributed by atoms with Crippen LogP contribution in [0.25, 0.3) is 6.08 Å². The second-order valence-corrected chi connectivity index (χ2v) is 4.19. The Morgan fingerprint density at radius 2 is 2.23 bits per heavy atom. The summed E-state index contributed by atoms with van der Waals surface area (Å²) < 4.78 is 9.85. The number of carbonyl (C=O) groups is 1. The monoisotopic (exact) mass is 298 g/mol. The second-order valence-electron chi connectivity index (χ2n) is 4.19. The Balaban J connectivity index is 1.90. The molecule has 0 spiro atoms. The van der Waals surface area contributed by atoms with Gasteiger partial charge in [0.25, 0.3) is 0 Å². The summed E-state index contributed by atoms with van der Waals surface area (Å²) in [5, 5.41) is 19.2. The van der Waals surface area contributed by atoms with Crippen LogP contribution in [0.5, 0.6) is 0 Å². The van der Waals surface area contributed by atoms with Crippen molar-refractivity contribution in [1.82, 2.24) is 0 Å². The van der Waals surface area contributed by atoms with Gasteiger partial charge in [0.05, 0.1) is 17.7 Å². The molecule has 0 aliphatic heterocycles. The zero-order valence-electron chi connectivity index (χ0n) is 11.3. The van der Waals surface area contributed by atoms with Gasteiger partial charge in [-0.25, -0.2) is 4.79 Å². The first-order valence-corrected chi connectivity index (χ1v) is 6.16. The van der Waals surface area contributed by atoms with E-state index in [9.17, 15) is 14.9 Å². The van der Waals surface area contributed by atoms with Crippen molar-refractivity contribution in [3.8, 4) is 6.07 Å². The van der Waals surface area contributed by atoms with Gasteiger partial charge < -0.3 is 9.15 Å². The summed E-state index contributed by atoms with van der Waals surface area (Å²) in [4.78, 5) is 21.3. The van der Waals surface area contributed by atoms with Crippen LogP contribution in [0.15, 0.2) is 46.9 Å². The van der Waals surface area contributed by atoms with Crippen molar-refractivity contribution in [2.75, 3.05) is 0 Å². The van der Waals surface area contributed by atoms with Crippen LogP contribution >= 0.6 is 0 Å². The molecule has 0 N–H and O–H groups in total. The Bertz CT molecular complexity index is 770. The van der Waals surface area contributed by atoms with Crippen molar-refractivity contribution in [2.24, 2.45) is 0 Å². The van der Waals surface area contributed by atoms with Crippen LogP contribution in [0, 0.1) is 21.4 Å². The molecule has 1 aromatic heterocycles. The fourth-order valence-electron chi connectivity index (χ4n) is 1.61. The fourth-order valence-corrected chi connectivity index (χ4v) is 1.61. The minimum atomic E-state index is -0.669. The molecular formula is C15H10N2O5. The maximum Gasteiger partial charge on any atom is 0.433 e. The summed E-state index contributed by atoms with van der Waals surface area (Å²) in [6, 6.07) is 11.2. The molecule has 0 saturated carbocycles. The van der Waals surface area contributed by atoms with E-state index in [2.05, 4.69) is 0 Å². The molecule has 1 heterocycles. The Labute approximate surface area is 125 Å². The SMILES string of the molecule is N#Cc1cccc(COC(=O)/C=C/c2ccc([N+](=O)[O-])o2)c1. The molecule has 1 aromatic carbocycles. The van der Waals surface area contributed by atoms with Gasteiger partial charge >= 0.3 is 11.9 Å². The first kappa shape index (κ1) is 15.0. The molecule has 2 aromatic rings. The van der Waals surface area contributed by atoms with Crippen LogP contribution in [-0.4, -0.2) is 10.9 Å². The first-order chi connectivity index (χ1) is 10.6. The molecule has 0 radical (unpaired) electrons. The zero-order valence-corrected chi connectivity index (χ0v) is 11.3. The summed E-state index contributed by atoms with van der Waals surface area (Å²) in [6.07, 6.45) is 2.39. The number of nitro groups is 1. The fraction of sp³-hybridized carbons (Fsp3) is 0.0667. The lowest BCUT2D eigenvalue weighted by molar-refractivity contribution is -0.402. The molecular weight excluding hydrogens is 288 g/mol. The quantitative estimate of drug-likeness (QED) is 0.363. The van der Waals surface area contributed by atoms with Gasteiger partial charge in [0.2, 0.25) is 0 Å². The highest BCUT2D eigenvalue weighted by Gasteiger charge is 2.10. The number of rotatable bonds is 5. The Morgan fingerprint density at radius 3 is 2.91 bits per heavy atom. The van der Waals surface area contributed by atoms with E-state index in [1.807, 2.05) is 6.07 Å². The average Bonchev–Trinajstić information content (AvgIpc) is 3.00. The van der Waals surface area contributed by atoms with Crippen LogP contribution in [0.1, 0.15) is 16.9 Å². The lowest BCUT2D eigenvalue weighted by Crippen LogP contribution is -2.00. The van der Waals surface area contributed by atoms with Crippen molar-refractivity contribution in [2.45, 2.75) is 6.61 Å². The molecule has 0 aliphatic rings. The van der Waals surface area contributed by atoms with Crippen LogP contribution in [0.4, 0.5) is 5.88 Å². The highest BCUT2D eigenvalue weighted by Crippen LogP contribution is 2.16. The van der Waals surface area contributed by atoms with E-state index in [0.29, 0.717) is 11.1 Å². The van der Waals surface area contributed by atoms with Crippen LogP contribution in [-0.2, 0) is 16.1 Å². The predicted molar refractivity (Wildman–Crippen MR) is 75.3 cm³/mol. The molecule has 0 amide bonds. The number of hydrogen-bond donors (Lipinski definition) is 0. The van der Waals surface area contributed by atoms with Gasteiger partial charge in [0.15, 0.2) is 0 Å². The minimum absolute atomic E-state index is 0.0248.